The van der Waals surface area contributed by atoms with Crippen molar-refractivity contribution in [3.05, 3.63) is 0 Å². The van der Waals surface area contributed by atoms with E-state index >= 15 is 0 Å². The van der Waals surface area contributed by atoms with E-state index in [-0.39, 0.29) is 0 Å². The Morgan fingerprint density at radius 3 is 2.67 bits per heavy atom. The third-order valence-corrected chi connectivity index (χ3v) is 3.21. The van der Waals surface area contributed by atoms with Crippen molar-refractivity contribution in [1.82, 2.24) is 5.32 Å². The number of nitriles is 1. The maximum Gasteiger partial charge on any atom is 0.182 e. The quantitative estimate of drug-likeness (QED) is 0.335. The van der Waals surface area contributed by atoms with Crippen molar-refractivity contribution in [2.75, 3.05) is 0 Å². The Morgan fingerprint density at radius 1 is 1.47 bits per heavy atom. The summed E-state index contributed by atoms with van der Waals surface area (Å²) in [6.07, 6.45) is 9.69. The molecule has 15 heavy (non-hydrogen) atoms. The van der Waals surface area contributed by atoms with Gasteiger partial charge in [-0.2, -0.15) is 5.26 Å². The summed E-state index contributed by atoms with van der Waals surface area (Å²) >= 11 is 0. The van der Waals surface area contributed by atoms with Gasteiger partial charge in [0.05, 0.1) is 6.04 Å². The molecule has 0 aliphatic heterocycles. The number of nitrogens with one attached hydrogen (secondary N) is 1. The topological polar surface area (TPSA) is 48.2 Å². The predicted molar refractivity (Wildman–Crippen MR) is 62.5 cm³/mol. The van der Waals surface area contributed by atoms with Gasteiger partial charge in [-0.05, 0) is 32.1 Å². The molecular formula is C12H21N3. The van der Waals surface area contributed by atoms with Crippen molar-refractivity contribution in [3.8, 4) is 6.19 Å². The van der Waals surface area contributed by atoms with Gasteiger partial charge in [0, 0.05) is 0 Å². The molecule has 1 N–H and O–H groups in total. The second-order valence-corrected chi connectivity index (χ2v) is 4.32. The van der Waals surface area contributed by atoms with Crippen molar-refractivity contribution in [3.63, 3.8) is 0 Å². The Labute approximate surface area is 92.6 Å². The van der Waals surface area contributed by atoms with E-state index in [9.17, 15) is 0 Å². The monoisotopic (exact) mass is 207 g/mol. The average molecular weight is 207 g/mol. The highest BCUT2D eigenvalue weighted by Crippen LogP contribution is 2.29. The van der Waals surface area contributed by atoms with E-state index in [0.717, 1.165) is 18.2 Å². The van der Waals surface area contributed by atoms with Crippen LogP contribution >= 0.6 is 0 Å². The minimum absolute atomic E-state index is 0.408. The van der Waals surface area contributed by atoms with E-state index in [1.807, 2.05) is 13.1 Å². The maximum absolute atomic E-state index is 8.49. The molecule has 1 fully saturated rings. The number of rotatable bonds is 3. The fourth-order valence-electron chi connectivity index (χ4n) is 2.41. The molecule has 0 heterocycles. The first-order valence-corrected chi connectivity index (χ1v) is 5.97. The Morgan fingerprint density at radius 2 is 2.13 bits per heavy atom. The zero-order valence-electron chi connectivity index (χ0n) is 9.79. The van der Waals surface area contributed by atoms with E-state index in [0.29, 0.717) is 6.04 Å². The van der Waals surface area contributed by atoms with Gasteiger partial charge in [-0.15, -0.1) is 0 Å². The molecule has 1 rings (SSSR count). The van der Waals surface area contributed by atoms with Crippen molar-refractivity contribution >= 4 is 5.84 Å². The van der Waals surface area contributed by atoms with Gasteiger partial charge >= 0.3 is 0 Å². The van der Waals surface area contributed by atoms with Crippen LogP contribution in [0.3, 0.4) is 0 Å². The molecule has 0 amide bonds. The van der Waals surface area contributed by atoms with Gasteiger partial charge in [-0.25, -0.2) is 0 Å². The fourth-order valence-corrected chi connectivity index (χ4v) is 2.41. The first kappa shape index (κ1) is 12.0. The molecule has 3 nitrogen and oxygen atoms in total. The molecule has 1 aliphatic rings. The first-order valence-electron chi connectivity index (χ1n) is 5.97. The lowest BCUT2D eigenvalue weighted by Gasteiger charge is -2.27. The lowest BCUT2D eigenvalue weighted by molar-refractivity contribution is 0.301. The van der Waals surface area contributed by atoms with Crippen LogP contribution in [0.15, 0.2) is 4.99 Å². The summed E-state index contributed by atoms with van der Waals surface area (Å²) in [5, 5.41) is 11.1. The van der Waals surface area contributed by atoms with Crippen LogP contribution in [-0.2, 0) is 0 Å². The van der Waals surface area contributed by atoms with Crippen molar-refractivity contribution in [2.24, 2.45) is 10.9 Å². The van der Waals surface area contributed by atoms with Gasteiger partial charge < -0.3 is 0 Å². The third-order valence-electron chi connectivity index (χ3n) is 3.21. The van der Waals surface area contributed by atoms with Crippen molar-refractivity contribution in [2.45, 2.75) is 58.4 Å². The van der Waals surface area contributed by atoms with Gasteiger partial charge in [0.2, 0.25) is 0 Å². The number of aliphatic imine (C=N–C) groups is 1. The summed E-state index contributed by atoms with van der Waals surface area (Å²) in [5.74, 6) is 1.49. The second kappa shape index (κ2) is 6.44. The molecule has 0 bridgehead atoms. The summed E-state index contributed by atoms with van der Waals surface area (Å²) in [7, 11) is 0. The van der Waals surface area contributed by atoms with Gasteiger partial charge in [-0.1, -0.05) is 26.2 Å². The highest BCUT2D eigenvalue weighted by Gasteiger charge is 2.21. The molecule has 3 heteroatoms. The molecule has 0 unspecified atom stereocenters. The van der Waals surface area contributed by atoms with Crippen LogP contribution in [-0.4, -0.2) is 11.9 Å². The molecule has 1 aliphatic carbocycles. The average Bonchev–Trinajstić information content (AvgIpc) is 2.27. The van der Waals surface area contributed by atoms with Crippen LogP contribution in [0, 0.1) is 17.4 Å². The van der Waals surface area contributed by atoms with Crippen molar-refractivity contribution < 1.29 is 0 Å². The summed E-state index contributed by atoms with van der Waals surface area (Å²) in [5.41, 5.74) is 0. The molecule has 0 spiro atoms. The lowest BCUT2D eigenvalue weighted by atomic mass is 9.83. The molecule has 84 valence electrons. The summed E-state index contributed by atoms with van der Waals surface area (Å²) in [4.78, 5) is 4.59. The second-order valence-electron chi connectivity index (χ2n) is 4.32. The molecule has 0 saturated heterocycles. The highest BCUT2D eigenvalue weighted by atomic mass is 15.0. The van der Waals surface area contributed by atoms with Crippen LogP contribution in [0.1, 0.15) is 52.4 Å². The number of hydrogen-bond donors (Lipinski definition) is 1. The SMILES string of the molecule is CC[C@H](N=C(C)NC#N)C1CCCCC1. The molecule has 0 radical (unpaired) electrons. The molecule has 0 aromatic rings. The fraction of sp³-hybridized carbons (Fsp3) is 0.833. The molecule has 1 atom stereocenters. The van der Waals surface area contributed by atoms with E-state index in [4.69, 9.17) is 5.26 Å². The standard InChI is InChI=1S/C12H21N3/c1-3-12(15-10(2)14-9-13)11-7-5-4-6-8-11/h11-12H,3-8H2,1-2H3,(H,14,15)/t12-/m0/s1. The zero-order chi connectivity index (χ0) is 11.1. The largest absolute Gasteiger partial charge is 0.281 e. The van der Waals surface area contributed by atoms with Crippen molar-refractivity contribution in [1.29, 1.82) is 5.26 Å². The van der Waals surface area contributed by atoms with E-state index < -0.39 is 0 Å². The normalized spacial score (nSPS) is 20.7. The zero-order valence-corrected chi connectivity index (χ0v) is 9.79. The lowest BCUT2D eigenvalue weighted by Crippen LogP contribution is -2.24. The van der Waals surface area contributed by atoms with Crippen LogP contribution in [0.4, 0.5) is 0 Å². The van der Waals surface area contributed by atoms with Crippen LogP contribution in [0.2, 0.25) is 0 Å². The smallest absolute Gasteiger partial charge is 0.182 e. The van der Waals surface area contributed by atoms with Gasteiger partial charge in [0.1, 0.15) is 5.84 Å². The molecule has 0 aromatic heterocycles. The number of amidine groups is 1. The van der Waals surface area contributed by atoms with Gasteiger partial charge in [-0.3, -0.25) is 10.3 Å². The van der Waals surface area contributed by atoms with E-state index in [1.165, 1.54) is 32.1 Å². The third kappa shape index (κ3) is 3.91. The minimum atomic E-state index is 0.408. The Balaban J connectivity index is 2.54. The highest BCUT2D eigenvalue weighted by molar-refractivity contribution is 5.81. The Hall–Kier alpha value is -1.04. The van der Waals surface area contributed by atoms with Crippen LogP contribution in [0.5, 0.6) is 0 Å². The maximum atomic E-state index is 8.49. The number of nitrogens with zero attached hydrogens (tertiary/aromatic N) is 2. The molecular weight excluding hydrogens is 186 g/mol. The van der Waals surface area contributed by atoms with Gasteiger partial charge in [0.25, 0.3) is 0 Å². The summed E-state index contributed by atoms with van der Waals surface area (Å²) < 4.78 is 0. The van der Waals surface area contributed by atoms with E-state index in [1.54, 1.807) is 0 Å². The molecule has 0 aromatic carbocycles. The van der Waals surface area contributed by atoms with Crippen LogP contribution < -0.4 is 5.32 Å². The first-order chi connectivity index (χ1) is 7.27. The van der Waals surface area contributed by atoms with Gasteiger partial charge in [0.15, 0.2) is 6.19 Å². The Bertz CT molecular complexity index is 246. The minimum Gasteiger partial charge on any atom is -0.281 e. The molecule has 1 saturated carbocycles. The summed E-state index contributed by atoms with van der Waals surface area (Å²) in [6.45, 7) is 4.05. The van der Waals surface area contributed by atoms with Crippen LogP contribution in [0.25, 0.3) is 0 Å². The summed E-state index contributed by atoms with van der Waals surface area (Å²) in [6, 6.07) is 0.408. The Kier molecular flexibility index (Phi) is 5.17. The number of hydrogen-bond acceptors (Lipinski definition) is 2. The van der Waals surface area contributed by atoms with E-state index in [2.05, 4.69) is 17.2 Å². The predicted octanol–water partition coefficient (Wildman–Crippen LogP) is 2.83.